The van der Waals surface area contributed by atoms with Crippen LogP contribution in [-0.2, 0) is 21.4 Å². The second-order valence-corrected chi connectivity index (χ2v) is 6.57. The smallest absolute Gasteiger partial charge is 0.258 e. The molecular formula is C12H18N2O4S. The molecule has 0 aliphatic carbocycles. The van der Waals surface area contributed by atoms with Gasteiger partial charge in [-0.15, -0.1) is 0 Å². The van der Waals surface area contributed by atoms with Gasteiger partial charge in [-0.3, -0.25) is 0 Å². The monoisotopic (exact) mass is 286 g/mol. The van der Waals surface area contributed by atoms with Crippen molar-refractivity contribution >= 4 is 10.0 Å². The van der Waals surface area contributed by atoms with Crippen LogP contribution in [0.4, 0.5) is 0 Å². The van der Waals surface area contributed by atoms with Crippen LogP contribution in [0.25, 0.3) is 0 Å². The van der Waals surface area contributed by atoms with Gasteiger partial charge in [0.1, 0.15) is 0 Å². The fourth-order valence-corrected chi connectivity index (χ4v) is 3.36. The summed E-state index contributed by atoms with van der Waals surface area (Å²) in [6.07, 6.45) is 2.64. The van der Waals surface area contributed by atoms with Crippen LogP contribution in [0.1, 0.15) is 25.3 Å². The van der Waals surface area contributed by atoms with E-state index in [4.69, 9.17) is 9.84 Å². The number of nitrogens with zero attached hydrogens (tertiary/aromatic N) is 1. The van der Waals surface area contributed by atoms with Crippen LogP contribution in [-0.4, -0.2) is 37.3 Å². The van der Waals surface area contributed by atoms with Crippen molar-refractivity contribution in [1.82, 2.24) is 9.71 Å². The molecule has 0 radical (unpaired) electrons. The van der Waals surface area contributed by atoms with Crippen molar-refractivity contribution in [2.75, 3.05) is 13.2 Å². The van der Waals surface area contributed by atoms with E-state index in [0.29, 0.717) is 31.6 Å². The Morgan fingerprint density at radius 1 is 1.42 bits per heavy atom. The highest BCUT2D eigenvalue weighted by atomic mass is 32.2. The first-order valence-corrected chi connectivity index (χ1v) is 7.61. The molecule has 1 aliphatic rings. The second kappa shape index (κ2) is 5.54. The molecule has 0 spiro atoms. The Balaban J connectivity index is 2.17. The molecule has 1 saturated heterocycles. The molecule has 0 unspecified atom stereocenters. The van der Waals surface area contributed by atoms with E-state index >= 15 is 0 Å². The third-order valence-corrected chi connectivity index (χ3v) is 4.79. The summed E-state index contributed by atoms with van der Waals surface area (Å²) in [5.41, 5.74) is 0.0882. The van der Waals surface area contributed by atoms with E-state index in [1.54, 1.807) is 6.07 Å². The predicted molar refractivity (Wildman–Crippen MR) is 68.9 cm³/mol. The SMILES string of the molecule is CC1(NS(=O)(=O)c2ccc(CO)cn2)CCOCC1. The largest absolute Gasteiger partial charge is 0.392 e. The summed E-state index contributed by atoms with van der Waals surface area (Å²) in [7, 11) is -3.64. The lowest BCUT2D eigenvalue weighted by atomic mass is 9.94. The Morgan fingerprint density at radius 3 is 2.63 bits per heavy atom. The maximum Gasteiger partial charge on any atom is 0.258 e. The van der Waals surface area contributed by atoms with E-state index in [2.05, 4.69) is 9.71 Å². The van der Waals surface area contributed by atoms with Crippen LogP contribution in [0.2, 0.25) is 0 Å². The van der Waals surface area contributed by atoms with Gasteiger partial charge in [-0.05, 0) is 31.4 Å². The highest BCUT2D eigenvalue weighted by Crippen LogP contribution is 2.22. The van der Waals surface area contributed by atoms with Gasteiger partial charge in [0.2, 0.25) is 0 Å². The third-order valence-electron chi connectivity index (χ3n) is 3.23. The highest BCUT2D eigenvalue weighted by molar-refractivity contribution is 7.89. The van der Waals surface area contributed by atoms with E-state index in [0.717, 1.165) is 0 Å². The molecule has 2 N–H and O–H groups in total. The quantitative estimate of drug-likeness (QED) is 0.837. The molecule has 0 atom stereocenters. The van der Waals surface area contributed by atoms with Crippen molar-refractivity contribution in [3.05, 3.63) is 23.9 Å². The van der Waals surface area contributed by atoms with E-state index in [1.165, 1.54) is 12.3 Å². The zero-order valence-electron chi connectivity index (χ0n) is 10.8. The first-order chi connectivity index (χ1) is 8.95. The summed E-state index contributed by atoms with van der Waals surface area (Å²) in [4.78, 5) is 3.88. The van der Waals surface area contributed by atoms with Crippen LogP contribution in [0.15, 0.2) is 23.4 Å². The van der Waals surface area contributed by atoms with Gasteiger partial charge in [0, 0.05) is 24.9 Å². The molecule has 0 bridgehead atoms. The number of hydrogen-bond acceptors (Lipinski definition) is 5. The fourth-order valence-electron chi connectivity index (χ4n) is 1.96. The molecule has 106 valence electrons. The van der Waals surface area contributed by atoms with Gasteiger partial charge in [-0.2, -0.15) is 0 Å². The normalized spacial score (nSPS) is 19.3. The van der Waals surface area contributed by atoms with Crippen molar-refractivity contribution in [2.24, 2.45) is 0 Å². The number of ether oxygens (including phenoxy) is 1. The predicted octanol–water partition coefficient (Wildman–Crippen LogP) is 0.421. The molecule has 7 heteroatoms. The molecule has 0 saturated carbocycles. The molecule has 0 amide bonds. The van der Waals surface area contributed by atoms with Crippen molar-refractivity contribution in [3.63, 3.8) is 0 Å². The Hall–Kier alpha value is -1.02. The van der Waals surface area contributed by atoms with Crippen LogP contribution in [0.3, 0.4) is 0 Å². The van der Waals surface area contributed by atoms with Gasteiger partial charge < -0.3 is 9.84 Å². The average molecular weight is 286 g/mol. The van der Waals surface area contributed by atoms with Crippen molar-refractivity contribution in [3.8, 4) is 0 Å². The molecule has 19 heavy (non-hydrogen) atoms. The number of rotatable bonds is 4. The molecule has 1 aliphatic heterocycles. The number of aliphatic hydroxyl groups excluding tert-OH is 1. The van der Waals surface area contributed by atoms with Gasteiger partial charge in [0.05, 0.1) is 6.61 Å². The Morgan fingerprint density at radius 2 is 2.11 bits per heavy atom. The number of sulfonamides is 1. The summed E-state index contributed by atoms with van der Waals surface area (Å²) >= 11 is 0. The number of aromatic nitrogens is 1. The van der Waals surface area contributed by atoms with E-state index in [9.17, 15) is 8.42 Å². The lowest BCUT2D eigenvalue weighted by Gasteiger charge is -2.33. The summed E-state index contributed by atoms with van der Waals surface area (Å²) in [6.45, 7) is 2.82. The average Bonchev–Trinajstić information content (AvgIpc) is 2.38. The molecule has 0 aromatic carbocycles. The fraction of sp³-hybridized carbons (Fsp3) is 0.583. The Labute approximate surface area is 112 Å². The zero-order valence-corrected chi connectivity index (χ0v) is 11.6. The topological polar surface area (TPSA) is 88.5 Å². The highest BCUT2D eigenvalue weighted by Gasteiger charge is 2.33. The second-order valence-electron chi connectivity index (χ2n) is 4.94. The first-order valence-electron chi connectivity index (χ1n) is 6.13. The number of pyridine rings is 1. The maximum absolute atomic E-state index is 12.2. The van der Waals surface area contributed by atoms with Crippen LogP contribution < -0.4 is 4.72 Å². The van der Waals surface area contributed by atoms with Crippen molar-refractivity contribution in [2.45, 2.75) is 36.9 Å². The minimum Gasteiger partial charge on any atom is -0.392 e. The maximum atomic E-state index is 12.2. The van der Waals surface area contributed by atoms with Gasteiger partial charge in [-0.25, -0.2) is 18.1 Å². The van der Waals surface area contributed by atoms with Crippen LogP contribution >= 0.6 is 0 Å². The summed E-state index contributed by atoms with van der Waals surface area (Å²) in [5.74, 6) is 0. The molecule has 1 aromatic heterocycles. The molecule has 1 fully saturated rings. The summed E-state index contributed by atoms with van der Waals surface area (Å²) < 4.78 is 32.4. The molecule has 1 aromatic rings. The first kappa shape index (κ1) is 14.4. The number of aliphatic hydroxyl groups is 1. The minimum absolute atomic E-state index is 0.0302. The van der Waals surface area contributed by atoms with Crippen molar-refractivity contribution < 1.29 is 18.3 Å². The van der Waals surface area contributed by atoms with E-state index in [-0.39, 0.29) is 11.6 Å². The number of hydrogen-bond donors (Lipinski definition) is 2. The van der Waals surface area contributed by atoms with Gasteiger partial charge in [0.15, 0.2) is 5.03 Å². The van der Waals surface area contributed by atoms with Gasteiger partial charge in [0.25, 0.3) is 10.0 Å². The third kappa shape index (κ3) is 3.50. The van der Waals surface area contributed by atoms with Gasteiger partial charge >= 0.3 is 0 Å². The van der Waals surface area contributed by atoms with Crippen molar-refractivity contribution in [1.29, 1.82) is 0 Å². The lowest BCUT2D eigenvalue weighted by Crippen LogP contribution is -2.49. The van der Waals surface area contributed by atoms with E-state index < -0.39 is 15.6 Å². The van der Waals surface area contributed by atoms with Gasteiger partial charge in [-0.1, -0.05) is 6.07 Å². The number of nitrogens with one attached hydrogen (secondary N) is 1. The zero-order chi connectivity index (χ0) is 13.9. The summed E-state index contributed by atoms with van der Waals surface area (Å²) in [6, 6.07) is 2.95. The molecule has 2 rings (SSSR count). The molecule has 6 nitrogen and oxygen atoms in total. The Bertz CT molecular complexity index is 521. The summed E-state index contributed by atoms with van der Waals surface area (Å²) in [5, 5.41) is 8.88. The Kier molecular flexibility index (Phi) is 4.19. The van der Waals surface area contributed by atoms with Crippen LogP contribution in [0.5, 0.6) is 0 Å². The van der Waals surface area contributed by atoms with E-state index in [1.807, 2.05) is 6.92 Å². The lowest BCUT2D eigenvalue weighted by molar-refractivity contribution is 0.0537. The molecule has 2 heterocycles. The minimum atomic E-state index is -3.64. The van der Waals surface area contributed by atoms with Crippen LogP contribution in [0, 0.1) is 0 Å². The molecular weight excluding hydrogens is 268 g/mol. The standard InChI is InChI=1S/C12H18N2O4S/c1-12(4-6-18-7-5-12)14-19(16,17)11-3-2-10(9-15)8-13-11/h2-3,8,14-15H,4-7,9H2,1H3.